The molecule has 25 heavy (non-hydrogen) atoms. The van der Waals surface area contributed by atoms with Crippen LogP contribution in [0, 0.1) is 0 Å². The van der Waals surface area contributed by atoms with Crippen LogP contribution in [-0.4, -0.2) is 27.8 Å². The predicted molar refractivity (Wildman–Crippen MR) is 104 cm³/mol. The smallest absolute Gasteiger partial charge is 0.407 e. The van der Waals surface area contributed by atoms with Crippen LogP contribution in [0.4, 0.5) is 4.79 Å². The number of hydrogen-bond donors (Lipinski definition) is 1. The summed E-state index contributed by atoms with van der Waals surface area (Å²) in [6.45, 7) is 11.0. The maximum Gasteiger partial charge on any atom is 0.407 e. The van der Waals surface area contributed by atoms with E-state index in [0.717, 1.165) is 43.4 Å². The first-order valence-corrected chi connectivity index (χ1v) is 9.73. The van der Waals surface area contributed by atoms with Crippen molar-refractivity contribution in [2.24, 2.45) is 0 Å². The highest BCUT2D eigenvalue weighted by Crippen LogP contribution is 2.06. The van der Waals surface area contributed by atoms with E-state index in [0.29, 0.717) is 12.4 Å². The number of ether oxygens (including phenoxy) is 1. The second-order valence-corrected chi connectivity index (χ2v) is 6.97. The molecule has 1 N–H and O–H groups in total. The average Bonchev–Trinajstić information content (AvgIpc) is 2.93. The molecule has 0 saturated heterocycles. The summed E-state index contributed by atoms with van der Waals surface area (Å²) in [7, 11) is 0. The molecule has 1 aromatic heterocycles. The monoisotopic (exact) mass is 369 g/mol. The van der Waals surface area contributed by atoms with E-state index in [9.17, 15) is 4.79 Å². The minimum Gasteiger partial charge on any atom is -0.444 e. The Hall–Kier alpha value is -1.49. The third-order valence-corrected chi connectivity index (χ3v) is 3.79. The number of carbonyl (C=O) groups excluding carboxylic acids is 1. The van der Waals surface area contributed by atoms with Gasteiger partial charge in [0.15, 0.2) is 0 Å². The lowest BCUT2D eigenvalue weighted by Crippen LogP contribution is -2.33. The van der Waals surface area contributed by atoms with Gasteiger partial charge in [0.05, 0.1) is 16.6 Å². The number of carbonyl (C=O) groups is 1. The van der Waals surface area contributed by atoms with Gasteiger partial charge in [0.2, 0.25) is 0 Å². The van der Waals surface area contributed by atoms with E-state index < -0.39 is 5.60 Å². The summed E-state index contributed by atoms with van der Waals surface area (Å²) in [5.41, 5.74) is -0.457. The van der Waals surface area contributed by atoms with Gasteiger partial charge in [-0.15, -0.1) is 11.6 Å². The minimum absolute atomic E-state index is 0.359. The average molecular weight is 370 g/mol. The molecule has 0 fully saturated rings. The van der Waals surface area contributed by atoms with Crippen molar-refractivity contribution in [1.82, 2.24) is 14.9 Å². The molecule has 0 aromatic carbocycles. The van der Waals surface area contributed by atoms with Crippen LogP contribution in [0.15, 0.2) is 0 Å². The number of aromatic nitrogens is 2. The first kappa shape index (κ1) is 21.6. The van der Waals surface area contributed by atoms with Crippen molar-refractivity contribution < 1.29 is 9.53 Å². The van der Waals surface area contributed by atoms with Gasteiger partial charge in [-0.1, -0.05) is 26.0 Å². The molecule has 1 aromatic rings. The fourth-order valence-corrected chi connectivity index (χ4v) is 2.79. The van der Waals surface area contributed by atoms with Gasteiger partial charge in [0.25, 0.3) is 0 Å². The molecule has 0 unspecified atom stereocenters. The second-order valence-electron chi connectivity index (χ2n) is 6.71. The van der Waals surface area contributed by atoms with Crippen LogP contribution in [0.2, 0.25) is 0 Å². The molecule has 5 nitrogen and oxygen atoms in total. The van der Waals surface area contributed by atoms with Crippen LogP contribution in [0.3, 0.4) is 0 Å². The van der Waals surface area contributed by atoms with Crippen molar-refractivity contribution in [3.63, 3.8) is 0 Å². The van der Waals surface area contributed by atoms with Gasteiger partial charge >= 0.3 is 6.09 Å². The Kier molecular flexibility index (Phi) is 9.04. The van der Waals surface area contributed by atoms with Gasteiger partial charge in [0.1, 0.15) is 11.4 Å². The number of imidazole rings is 1. The summed E-state index contributed by atoms with van der Waals surface area (Å²) in [5, 5.41) is 5.03. The van der Waals surface area contributed by atoms with Crippen molar-refractivity contribution >= 4 is 29.8 Å². The van der Waals surface area contributed by atoms with Crippen molar-refractivity contribution in [2.75, 3.05) is 6.54 Å². The molecule has 1 aliphatic carbocycles. The van der Waals surface area contributed by atoms with Crippen LogP contribution in [0.1, 0.15) is 66.1 Å². The van der Waals surface area contributed by atoms with Gasteiger partial charge in [-0.3, -0.25) is 0 Å². The zero-order valence-corrected chi connectivity index (χ0v) is 16.9. The van der Waals surface area contributed by atoms with Crippen LogP contribution in [-0.2, 0) is 17.2 Å². The molecule has 1 aliphatic rings. The van der Waals surface area contributed by atoms with E-state index >= 15 is 0 Å². The number of amides is 1. The lowest BCUT2D eigenvalue weighted by molar-refractivity contribution is 0.0527. The van der Waals surface area contributed by atoms with Gasteiger partial charge < -0.3 is 14.6 Å². The number of nitrogens with zero attached hydrogens (tertiary/aromatic N) is 2. The normalized spacial score (nSPS) is 12.9. The van der Waals surface area contributed by atoms with E-state index in [4.69, 9.17) is 16.3 Å². The van der Waals surface area contributed by atoms with Crippen molar-refractivity contribution in [3.05, 3.63) is 16.5 Å². The molecule has 0 atom stereocenters. The van der Waals surface area contributed by atoms with Gasteiger partial charge in [0, 0.05) is 13.1 Å². The molecule has 0 radical (unpaired) electrons. The largest absolute Gasteiger partial charge is 0.444 e. The van der Waals surface area contributed by atoms with Crippen molar-refractivity contribution in [2.45, 2.75) is 78.3 Å². The Morgan fingerprint density at radius 1 is 1.28 bits per heavy atom. The zero-order valence-electron chi connectivity index (χ0n) is 16.2. The molecule has 1 amide bonds. The number of unbranched alkanes of at least 4 members (excludes halogenated alkanes) is 1. The highest BCUT2D eigenvalue weighted by atomic mass is 35.5. The van der Waals surface area contributed by atoms with Crippen LogP contribution < -0.4 is 16.0 Å². The van der Waals surface area contributed by atoms with E-state index in [2.05, 4.69) is 27.0 Å². The minimum atomic E-state index is -0.457. The molecule has 142 valence electrons. The van der Waals surface area contributed by atoms with E-state index in [1.54, 1.807) is 0 Å². The highest BCUT2D eigenvalue weighted by molar-refractivity contribution is 6.16. The standard InChI is InChI=1S/C17H26ClN3O2.C2H6/c1-17(2,3)23-16(22)19-10-6-7-11-21-14-9-5-4-8-13(14)20-15(21)12-18;1-2/h8-9H,4-7,10-12H2,1-3H3,(H,19,22);1-2H3. The maximum atomic E-state index is 11.6. The summed E-state index contributed by atoms with van der Waals surface area (Å²) in [6, 6.07) is 0. The first-order valence-electron chi connectivity index (χ1n) is 9.19. The summed E-state index contributed by atoms with van der Waals surface area (Å²) in [5.74, 6) is 1.34. The number of hydrogen-bond acceptors (Lipinski definition) is 3. The summed E-state index contributed by atoms with van der Waals surface area (Å²) >= 11 is 6.01. The van der Waals surface area contributed by atoms with Gasteiger partial charge in [-0.05, 0) is 46.5 Å². The summed E-state index contributed by atoms with van der Waals surface area (Å²) < 4.78 is 7.41. The molecule has 2 rings (SSSR count). The fourth-order valence-electron chi connectivity index (χ4n) is 2.59. The molecule has 1 heterocycles. The van der Waals surface area contributed by atoms with Crippen molar-refractivity contribution in [3.8, 4) is 0 Å². The van der Waals surface area contributed by atoms with Crippen molar-refractivity contribution in [1.29, 1.82) is 0 Å². The molecule has 0 spiro atoms. The topological polar surface area (TPSA) is 56.1 Å². The van der Waals surface area contributed by atoms with Crippen LogP contribution in [0.5, 0.6) is 0 Å². The number of nitrogens with one attached hydrogen (secondary N) is 1. The third-order valence-electron chi connectivity index (χ3n) is 3.55. The Labute approximate surface area is 156 Å². The van der Waals surface area contributed by atoms with E-state index in [1.165, 1.54) is 5.35 Å². The van der Waals surface area contributed by atoms with E-state index in [-0.39, 0.29) is 6.09 Å². The fraction of sp³-hybridized carbons (Fsp3) is 0.684. The maximum absolute atomic E-state index is 11.6. The highest BCUT2D eigenvalue weighted by Gasteiger charge is 2.15. The Balaban J connectivity index is 0.00000151. The molecular formula is C19H32ClN3O2. The number of alkyl halides is 1. The van der Waals surface area contributed by atoms with Gasteiger partial charge in [-0.25, -0.2) is 9.78 Å². The quantitative estimate of drug-likeness (QED) is 0.618. The lowest BCUT2D eigenvalue weighted by Gasteiger charge is -2.19. The Morgan fingerprint density at radius 3 is 2.60 bits per heavy atom. The van der Waals surface area contributed by atoms with E-state index in [1.807, 2.05) is 34.6 Å². The zero-order chi connectivity index (χ0) is 18.9. The summed E-state index contributed by atoms with van der Waals surface area (Å²) in [4.78, 5) is 16.2. The molecule has 0 aliphatic heterocycles. The predicted octanol–water partition coefficient (Wildman–Crippen LogP) is 3.31. The number of rotatable bonds is 6. The Morgan fingerprint density at radius 2 is 1.96 bits per heavy atom. The van der Waals surface area contributed by atoms with Gasteiger partial charge in [-0.2, -0.15) is 0 Å². The second kappa shape index (κ2) is 10.5. The molecule has 0 bridgehead atoms. The first-order chi connectivity index (χ1) is 11.9. The number of halogens is 1. The molecular weight excluding hydrogens is 338 g/mol. The van der Waals surface area contributed by atoms with Crippen LogP contribution >= 0.6 is 11.6 Å². The number of alkyl carbamates (subject to hydrolysis) is 1. The number of fused-ring (bicyclic) bond motifs is 1. The lowest BCUT2D eigenvalue weighted by atomic mass is 10.2. The Bertz CT molecular complexity index is 659. The third kappa shape index (κ3) is 7.10. The van der Waals surface area contributed by atoms with Crippen LogP contribution in [0.25, 0.3) is 12.2 Å². The summed E-state index contributed by atoms with van der Waals surface area (Å²) in [6.07, 6.45) is 7.99. The molecule has 0 saturated carbocycles. The molecule has 6 heteroatoms. The SMILES string of the molecule is CC.CC(C)(C)OC(=O)NCCCCn1c(CCl)nc2c1=CCCC=2.